The van der Waals surface area contributed by atoms with E-state index in [1.54, 1.807) is 7.05 Å². The highest BCUT2D eigenvalue weighted by molar-refractivity contribution is 6.39. The summed E-state index contributed by atoms with van der Waals surface area (Å²) in [5, 5.41) is 5.41. The predicted molar refractivity (Wildman–Crippen MR) is 94.1 cm³/mol. The van der Waals surface area contributed by atoms with Gasteiger partial charge in [-0.25, -0.2) is 9.99 Å². The van der Waals surface area contributed by atoms with Crippen LogP contribution in [0.1, 0.15) is 37.4 Å². The second kappa shape index (κ2) is 6.31. The van der Waals surface area contributed by atoms with Gasteiger partial charge in [-0.05, 0) is 25.0 Å². The van der Waals surface area contributed by atoms with E-state index >= 15 is 0 Å². The first-order valence-corrected chi connectivity index (χ1v) is 8.70. The van der Waals surface area contributed by atoms with Crippen LogP contribution in [0.2, 0.25) is 0 Å². The van der Waals surface area contributed by atoms with Gasteiger partial charge in [-0.15, -0.1) is 0 Å². The van der Waals surface area contributed by atoms with Crippen molar-refractivity contribution in [2.45, 2.75) is 31.6 Å². The molecule has 25 heavy (non-hydrogen) atoms. The summed E-state index contributed by atoms with van der Waals surface area (Å²) in [5.41, 5.74) is 2.53. The lowest BCUT2D eigenvalue weighted by Crippen LogP contribution is -2.44. The number of benzene rings is 1. The largest absolute Gasteiger partial charge is 0.342 e. The number of hydrogen-bond donors (Lipinski definition) is 1. The highest BCUT2D eigenvalue weighted by Gasteiger charge is 2.30. The average Bonchev–Trinajstić information content (AvgIpc) is 3.08. The molecule has 0 radical (unpaired) electrons. The number of amides is 2. The van der Waals surface area contributed by atoms with Gasteiger partial charge in [0.1, 0.15) is 11.5 Å². The maximum Gasteiger partial charge on any atom is 0.270 e. The smallest absolute Gasteiger partial charge is 0.270 e. The Hall–Kier alpha value is -2.70. The molecule has 2 amide bonds. The molecule has 7 nitrogen and oxygen atoms in total. The number of nitrogens with one attached hydrogen (secondary N) is 1. The number of H-pyrrole nitrogens is 1. The van der Waals surface area contributed by atoms with E-state index in [0.717, 1.165) is 29.7 Å². The maximum absolute atomic E-state index is 12.6. The molecule has 1 saturated heterocycles. The average molecular weight is 339 g/mol. The Bertz CT molecular complexity index is 815. The van der Waals surface area contributed by atoms with Crippen molar-refractivity contribution in [1.82, 2.24) is 19.9 Å². The highest BCUT2D eigenvalue weighted by atomic mass is 16.2. The first-order valence-electron chi connectivity index (χ1n) is 8.70. The van der Waals surface area contributed by atoms with Crippen LogP contribution >= 0.6 is 0 Å². The minimum Gasteiger partial charge on any atom is -0.342 e. The van der Waals surface area contributed by atoms with Crippen LogP contribution in [0, 0.1) is 0 Å². The number of aromatic nitrogens is 2. The van der Waals surface area contributed by atoms with Crippen LogP contribution in [-0.2, 0) is 9.59 Å². The van der Waals surface area contributed by atoms with Crippen LogP contribution in [0.4, 0.5) is 0 Å². The van der Waals surface area contributed by atoms with Gasteiger partial charge in [0.2, 0.25) is 5.91 Å². The van der Waals surface area contributed by atoms with E-state index in [4.69, 9.17) is 0 Å². The molecule has 0 aliphatic carbocycles. The maximum atomic E-state index is 12.6. The van der Waals surface area contributed by atoms with Crippen molar-refractivity contribution in [2.24, 2.45) is 5.10 Å². The quantitative estimate of drug-likeness (QED) is 0.907. The Kier molecular flexibility index (Phi) is 3.99. The second-order valence-corrected chi connectivity index (χ2v) is 6.67. The molecular formula is C18H21N5O2. The van der Waals surface area contributed by atoms with Gasteiger partial charge in [0.25, 0.3) is 5.91 Å². The first-order chi connectivity index (χ1) is 12.1. The minimum absolute atomic E-state index is 0.0394. The van der Waals surface area contributed by atoms with E-state index in [9.17, 15) is 9.59 Å². The predicted octanol–water partition coefficient (Wildman–Crippen LogP) is 1.88. The lowest BCUT2D eigenvalue weighted by atomic mass is 9.95. The Morgan fingerprint density at radius 3 is 2.68 bits per heavy atom. The van der Waals surface area contributed by atoms with Gasteiger partial charge in [0.15, 0.2) is 0 Å². The van der Waals surface area contributed by atoms with Crippen molar-refractivity contribution in [3.8, 4) is 0 Å². The summed E-state index contributed by atoms with van der Waals surface area (Å²) in [6, 6.07) is 8.02. The lowest BCUT2D eigenvalue weighted by Gasteiger charge is -2.32. The molecule has 0 atom stereocenters. The molecule has 1 aromatic carbocycles. The zero-order chi connectivity index (χ0) is 17.4. The van der Waals surface area contributed by atoms with Crippen LogP contribution in [0.3, 0.4) is 0 Å². The standard InChI is InChI=1S/C18H21N5O2/c1-22-16(24)7-6-15(21-22)18(25)23-10-8-12(9-11-23)17-19-13-4-2-3-5-14(13)20-17/h2-5,12H,6-11H2,1H3,(H,19,20). The molecule has 1 aromatic heterocycles. The highest BCUT2D eigenvalue weighted by Crippen LogP contribution is 2.28. The fourth-order valence-electron chi connectivity index (χ4n) is 3.53. The van der Waals surface area contributed by atoms with E-state index in [1.165, 1.54) is 5.01 Å². The third kappa shape index (κ3) is 3.01. The van der Waals surface area contributed by atoms with Crippen LogP contribution in [0.5, 0.6) is 0 Å². The number of rotatable bonds is 2. The van der Waals surface area contributed by atoms with E-state index in [-0.39, 0.29) is 11.8 Å². The van der Waals surface area contributed by atoms with Crippen molar-refractivity contribution in [2.75, 3.05) is 20.1 Å². The monoisotopic (exact) mass is 339 g/mol. The van der Waals surface area contributed by atoms with Gasteiger partial charge in [0, 0.05) is 38.9 Å². The van der Waals surface area contributed by atoms with E-state index in [0.29, 0.717) is 37.6 Å². The summed E-state index contributed by atoms with van der Waals surface area (Å²) in [5.74, 6) is 1.27. The number of para-hydroxylation sites is 2. The van der Waals surface area contributed by atoms with Gasteiger partial charge < -0.3 is 9.88 Å². The summed E-state index contributed by atoms with van der Waals surface area (Å²) < 4.78 is 0. The summed E-state index contributed by atoms with van der Waals surface area (Å²) in [6.07, 6.45) is 2.56. The van der Waals surface area contributed by atoms with Gasteiger partial charge >= 0.3 is 0 Å². The summed E-state index contributed by atoms with van der Waals surface area (Å²) in [4.78, 5) is 34.1. The van der Waals surface area contributed by atoms with E-state index in [1.807, 2.05) is 29.2 Å². The molecule has 4 rings (SSSR count). The van der Waals surface area contributed by atoms with Crippen molar-refractivity contribution < 1.29 is 9.59 Å². The number of piperidine rings is 1. The zero-order valence-electron chi connectivity index (χ0n) is 14.2. The molecule has 0 saturated carbocycles. The van der Waals surface area contributed by atoms with Crippen molar-refractivity contribution in [3.63, 3.8) is 0 Å². The molecule has 0 unspecified atom stereocenters. The van der Waals surface area contributed by atoms with E-state index in [2.05, 4.69) is 15.1 Å². The molecule has 130 valence electrons. The summed E-state index contributed by atoms with van der Waals surface area (Å²) >= 11 is 0. The normalized spacial score (nSPS) is 19.4. The Labute approximate surface area is 145 Å². The summed E-state index contributed by atoms with van der Waals surface area (Å²) in [7, 11) is 1.60. The second-order valence-electron chi connectivity index (χ2n) is 6.67. The number of hydrazone groups is 1. The molecule has 3 heterocycles. The third-order valence-corrected chi connectivity index (χ3v) is 5.03. The molecule has 2 aliphatic rings. The van der Waals surface area contributed by atoms with E-state index < -0.39 is 0 Å². The Morgan fingerprint density at radius 2 is 1.96 bits per heavy atom. The van der Waals surface area contributed by atoms with Gasteiger partial charge in [-0.3, -0.25) is 9.59 Å². The van der Waals surface area contributed by atoms with Crippen LogP contribution in [-0.4, -0.2) is 57.5 Å². The number of nitrogens with zero attached hydrogens (tertiary/aromatic N) is 4. The lowest BCUT2D eigenvalue weighted by molar-refractivity contribution is -0.130. The number of fused-ring (bicyclic) bond motifs is 1. The molecule has 0 spiro atoms. The van der Waals surface area contributed by atoms with Crippen LogP contribution in [0.15, 0.2) is 29.4 Å². The molecule has 1 N–H and O–H groups in total. The zero-order valence-corrected chi connectivity index (χ0v) is 14.2. The molecule has 2 aromatic rings. The fourth-order valence-corrected chi connectivity index (χ4v) is 3.53. The minimum atomic E-state index is -0.0415. The number of imidazole rings is 1. The number of carbonyl (C=O) groups is 2. The fraction of sp³-hybridized carbons (Fsp3) is 0.444. The number of aromatic amines is 1. The molecule has 7 heteroatoms. The van der Waals surface area contributed by atoms with Gasteiger partial charge in [-0.1, -0.05) is 12.1 Å². The summed E-state index contributed by atoms with van der Waals surface area (Å²) in [6.45, 7) is 1.38. The SMILES string of the molecule is CN1N=C(C(=O)N2CCC(c3nc4ccccc4[nH]3)CC2)CCC1=O. The Morgan fingerprint density at radius 1 is 1.20 bits per heavy atom. The number of hydrogen-bond acceptors (Lipinski definition) is 4. The Balaban J connectivity index is 1.42. The van der Waals surface area contributed by atoms with Crippen LogP contribution < -0.4 is 0 Å². The first kappa shape index (κ1) is 15.8. The van der Waals surface area contributed by atoms with Crippen molar-refractivity contribution >= 4 is 28.6 Å². The molecule has 1 fully saturated rings. The molecular weight excluding hydrogens is 318 g/mol. The number of likely N-dealkylation sites (tertiary alicyclic amines) is 1. The molecule has 0 bridgehead atoms. The van der Waals surface area contributed by atoms with Gasteiger partial charge in [-0.2, -0.15) is 5.10 Å². The van der Waals surface area contributed by atoms with Crippen LogP contribution in [0.25, 0.3) is 11.0 Å². The topological polar surface area (TPSA) is 81.7 Å². The number of carbonyl (C=O) groups excluding carboxylic acids is 2. The third-order valence-electron chi connectivity index (χ3n) is 5.03. The van der Waals surface area contributed by atoms with Crippen molar-refractivity contribution in [3.05, 3.63) is 30.1 Å². The van der Waals surface area contributed by atoms with Gasteiger partial charge in [0.05, 0.1) is 11.0 Å². The molecule has 2 aliphatic heterocycles. The van der Waals surface area contributed by atoms with Crippen molar-refractivity contribution in [1.29, 1.82) is 0 Å².